The molecule has 0 spiro atoms. The molecule has 10 nitrogen and oxygen atoms in total. The van der Waals surface area contributed by atoms with E-state index in [0.29, 0.717) is 43.0 Å². The predicted molar refractivity (Wildman–Crippen MR) is 132 cm³/mol. The number of amides is 2. The van der Waals surface area contributed by atoms with Crippen molar-refractivity contribution in [2.45, 2.75) is 38.8 Å². The van der Waals surface area contributed by atoms with Crippen molar-refractivity contribution in [2.75, 3.05) is 26.2 Å². The fourth-order valence-electron chi connectivity index (χ4n) is 4.91. The van der Waals surface area contributed by atoms with E-state index in [1.54, 1.807) is 15.6 Å². The van der Waals surface area contributed by atoms with Crippen LogP contribution in [0, 0.1) is 17.2 Å². The highest BCUT2D eigenvalue weighted by Crippen LogP contribution is 2.32. The number of ether oxygens (including phenoxy) is 1. The van der Waals surface area contributed by atoms with Crippen molar-refractivity contribution in [3.8, 4) is 22.9 Å². The van der Waals surface area contributed by atoms with E-state index in [9.17, 15) is 14.9 Å². The SMILES string of the molecule is C=CC(=O)N1CC(C(=O)N2CCC(n3cc(-c4cc(OC(C)C)c5c(C#N)cnn5c4)cn3)CC2)C1. The summed E-state index contributed by atoms with van der Waals surface area (Å²) >= 11 is 0. The summed E-state index contributed by atoms with van der Waals surface area (Å²) in [4.78, 5) is 28.0. The number of fused-ring (bicyclic) bond motifs is 1. The van der Waals surface area contributed by atoms with Crippen LogP contribution in [0.2, 0.25) is 0 Å². The van der Waals surface area contributed by atoms with Crippen LogP contribution in [0.1, 0.15) is 38.3 Å². The summed E-state index contributed by atoms with van der Waals surface area (Å²) in [6, 6.07) is 4.31. The second-order valence-corrected chi connectivity index (χ2v) is 9.63. The molecule has 0 bridgehead atoms. The molecule has 2 amide bonds. The number of nitrogens with zero attached hydrogens (tertiary/aromatic N) is 7. The Kier molecular flexibility index (Phi) is 6.22. The molecule has 0 aliphatic carbocycles. The van der Waals surface area contributed by atoms with Gasteiger partial charge in [-0.15, -0.1) is 0 Å². The lowest BCUT2D eigenvalue weighted by Gasteiger charge is -2.41. The quantitative estimate of drug-likeness (QED) is 0.495. The van der Waals surface area contributed by atoms with Gasteiger partial charge in [0.2, 0.25) is 11.8 Å². The van der Waals surface area contributed by atoms with Crippen molar-refractivity contribution in [3.05, 3.63) is 49.1 Å². The van der Waals surface area contributed by atoms with Gasteiger partial charge in [0.1, 0.15) is 22.9 Å². The highest BCUT2D eigenvalue weighted by Gasteiger charge is 2.38. The second kappa shape index (κ2) is 9.49. The number of likely N-dealkylation sites (tertiary alicyclic amines) is 2. The molecule has 5 heterocycles. The van der Waals surface area contributed by atoms with Gasteiger partial charge in [-0.1, -0.05) is 6.58 Å². The molecule has 0 N–H and O–H groups in total. The van der Waals surface area contributed by atoms with Gasteiger partial charge in [-0.05, 0) is 38.8 Å². The molecule has 0 aromatic carbocycles. The van der Waals surface area contributed by atoms with Crippen LogP contribution in [0.25, 0.3) is 16.6 Å². The van der Waals surface area contributed by atoms with Crippen LogP contribution in [0.3, 0.4) is 0 Å². The smallest absolute Gasteiger partial charge is 0.246 e. The molecule has 2 aliphatic heterocycles. The molecular weight excluding hydrogens is 458 g/mol. The van der Waals surface area contributed by atoms with E-state index in [1.165, 1.54) is 6.08 Å². The molecule has 3 aromatic rings. The number of piperidine rings is 1. The molecule has 36 heavy (non-hydrogen) atoms. The molecule has 2 fully saturated rings. The number of hydrogen-bond donors (Lipinski definition) is 0. The lowest BCUT2D eigenvalue weighted by molar-refractivity contribution is -0.147. The number of pyridine rings is 1. The minimum atomic E-state index is -0.118. The number of carbonyl (C=O) groups is 2. The third-order valence-electron chi connectivity index (χ3n) is 6.86. The molecule has 186 valence electrons. The highest BCUT2D eigenvalue weighted by atomic mass is 16.5. The number of rotatable bonds is 6. The van der Waals surface area contributed by atoms with E-state index >= 15 is 0 Å². The van der Waals surface area contributed by atoms with E-state index in [-0.39, 0.29) is 29.9 Å². The first-order chi connectivity index (χ1) is 17.4. The summed E-state index contributed by atoms with van der Waals surface area (Å²) in [6.07, 6.45) is 10.1. The summed E-state index contributed by atoms with van der Waals surface area (Å²) in [7, 11) is 0. The number of hydrogen-bond acceptors (Lipinski definition) is 6. The maximum Gasteiger partial charge on any atom is 0.246 e. The molecule has 3 aromatic heterocycles. The normalized spacial score (nSPS) is 16.7. The number of nitriles is 1. The lowest BCUT2D eigenvalue weighted by Crippen LogP contribution is -2.57. The molecule has 5 rings (SSSR count). The van der Waals surface area contributed by atoms with Gasteiger partial charge < -0.3 is 14.5 Å². The van der Waals surface area contributed by atoms with Crippen LogP contribution < -0.4 is 4.74 Å². The summed E-state index contributed by atoms with van der Waals surface area (Å²) in [6.45, 7) is 9.69. The molecular formula is C26H29N7O3. The molecule has 2 aliphatic rings. The Hall–Kier alpha value is -4.13. The Balaban J connectivity index is 1.26. The molecule has 0 saturated carbocycles. The van der Waals surface area contributed by atoms with Crippen molar-refractivity contribution in [2.24, 2.45) is 5.92 Å². The Morgan fingerprint density at radius 3 is 2.56 bits per heavy atom. The zero-order valence-corrected chi connectivity index (χ0v) is 20.5. The van der Waals surface area contributed by atoms with Crippen molar-refractivity contribution in [3.63, 3.8) is 0 Å². The Morgan fingerprint density at radius 1 is 1.14 bits per heavy atom. The topological polar surface area (TPSA) is 109 Å². The first kappa shape index (κ1) is 23.6. The van der Waals surface area contributed by atoms with Gasteiger partial charge in [0.05, 0.1) is 30.5 Å². The van der Waals surface area contributed by atoms with Crippen molar-refractivity contribution >= 4 is 17.3 Å². The maximum atomic E-state index is 12.8. The van der Waals surface area contributed by atoms with Gasteiger partial charge in [0, 0.05) is 49.7 Å². The first-order valence-corrected chi connectivity index (χ1v) is 12.2. The summed E-state index contributed by atoms with van der Waals surface area (Å²) < 4.78 is 9.66. The average Bonchev–Trinajstić information content (AvgIpc) is 3.50. The summed E-state index contributed by atoms with van der Waals surface area (Å²) in [5.74, 6) is 0.514. The van der Waals surface area contributed by atoms with E-state index in [2.05, 4.69) is 22.8 Å². The van der Waals surface area contributed by atoms with Crippen molar-refractivity contribution in [1.82, 2.24) is 29.2 Å². The molecule has 0 unspecified atom stereocenters. The summed E-state index contributed by atoms with van der Waals surface area (Å²) in [5, 5.41) is 18.4. The first-order valence-electron chi connectivity index (χ1n) is 12.2. The van der Waals surface area contributed by atoms with Crippen LogP contribution in [-0.4, -0.2) is 73.3 Å². The van der Waals surface area contributed by atoms with Gasteiger partial charge in [-0.2, -0.15) is 15.5 Å². The molecule has 2 saturated heterocycles. The van der Waals surface area contributed by atoms with E-state index in [1.807, 2.05) is 48.1 Å². The predicted octanol–water partition coefficient (Wildman–Crippen LogP) is 2.66. The van der Waals surface area contributed by atoms with E-state index < -0.39 is 0 Å². The minimum absolute atomic E-state index is 0.0494. The number of carbonyl (C=O) groups excluding carboxylic acids is 2. The minimum Gasteiger partial charge on any atom is -0.489 e. The van der Waals surface area contributed by atoms with Crippen LogP contribution in [0.5, 0.6) is 5.75 Å². The molecule has 0 atom stereocenters. The standard InChI is InChI=1S/C26H29N7O3/c1-4-24(34)31-13-21(14-31)26(35)30-7-5-22(6-8-30)32-16-20(12-28-32)18-9-23(36-17(2)3)25-19(10-27)11-29-33(25)15-18/h4,9,11-12,15-17,21-22H,1,5-8,13-14H2,2-3H3. The fourth-order valence-corrected chi connectivity index (χ4v) is 4.91. The van der Waals surface area contributed by atoms with Gasteiger partial charge in [0.25, 0.3) is 0 Å². The van der Waals surface area contributed by atoms with Crippen molar-refractivity contribution in [1.29, 1.82) is 5.26 Å². The van der Waals surface area contributed by atoms with Crippen LogP contribution in [0.15, 0.2) is 43.5 Å². The molecule has 10 heteroatoms. The van der Waals surface area contributed by atoms with Crippen molar-refractivity contribution < 1.29 is 14.3 Å². The molecule has 0 radical (unpaired) electrons. The van der Waals surface area contributed by atoms with Gasteiger partial charge in [-0.25, -0.2) is 4.52 Å². The third-order valence-corrected chi connectivity index (χ3v) is 6.86. The summed E-state index contributed by atoms with van der Waals surface area (Å²) in [5.41, 5.74) is 2.95. The van der Waals surface area contributed by atoms with Crippen LogP contribution in [0.4, 0.5) is 0 Å². The maximum absolute atomic E-state index is 12.8. The zero-order chi connectivity index (χ0) is 25.4. The third kappa shape index (κ3) is 4.33. The lowest BCUT2D eigenvalue weighted by atomic mass is 9.96. The van der Waals surface area contributed by atoms with Gasteiger partial charge in [-0.3, -0.25) is 14.3 Å². The largest absolute Gasteiger partial charge is 0.489 e. The van der Waals surface area contributed by atoms with E-state index in [0.717, 1.165) is 24.0 Å². The monoisotopic (exact) mass is 487 g/mol. The number of aromatic nitrogens is 4. The Bertz CT molecular complexity index is 1350. The fraction of sp³-hybridized carbons (Fsp3) is 0.423. The van der Waals surface area contributed by atoms with Crippen LogP contribution in [-0.2, 0) is 9.59 Å². The van der Waals surface area contributed by atoms with Gasteiger partial charge in [0.15, 0.2) is 0 Å². The van der Waals surface area contributed by atoms with Crippen LogP contribution >= 0.6 is 0 Å². The zero-order valence-electron chi connectivity index (χ0n) is 20.5. The average molecular weight is 488 g/mol. The van der Waals surface area contributed by atoms with E-state index in [4.69, 9.17) is 4.74 Å². The highest BCUT2D eigenvalue weighted by molar-refractivity contribution is 5.90. The Labute approximate surface area is 209 Å². The Morgan fingerprint density at radius 2 is 1.89 bits per heavy atom. The second-order valence-electron chi connectivity index (χ2n) is 9.63. The van der Waals surface area contributed by atoms with Gasteiger partial charge >= 0.3 is 0 Å².